The van der Waals surface area contributed by atoms with E-state index in [2.05, 4.69) is 6.58 Å². The molecule has 0 radical (unpaired) electrons. The summed E-state index contributed by atoms with van der Waals surface area (Å²) in [5.41, 5.74) is 0.192. The fourth-order valence-corrected chi connectivity index (χ4v) is 2.74. The maximum absolute atomic E-state index is 11.7. The zero-order valence-corrected chi connectivity index (χ0v) is 18.6. The first-order valence-corrected chi connectivity index (χ1v) is 9.67. The van der Waals surface area contributed by atoms with Crippen LogP contribution in [0.1, 0.15) is 34.6 Å². The van der Waals surface area contributed by atoms with Gasteiger partial charge in [0.25, 0.3) is 0 Å². The van der Waals surface area contributed by atoms with Crippen molar-refractivity contribution in [3.63, 3.8) is 0 Å². The molecule has 12 heteroatoms. The number of carbonyl (C=O) groups excluding carboxylic acids is 5. The second kappa shape index (κ2) is 12.8. The monoisotopic (exact) mass is 460 g/mol. The molecule has 0 N–H and O–H groups in total. The molecule has 5 atom stereocenters. The summed E-state index contributed by atoms with van der Waals surface area (Å²) < 4.78 is 36.9. The maximum atomic E-state index is 11.7. The van der Waals surface area contributed by atoms with Crippen LogP contribution in [0.2, 0.25) is 0 Å². The summed E-state index contributed by atoms with van der Waals surface area (Å²) in [6.45, 7) is 8.69. The molecule has 1 aliphatic heterocycles. The van der Waals surface area contributed by atoms with Gasteiger partial charge in [0.15, 0.2) is 24.6 Å². The average molecular weight is 460 g/mol. The van der Waals surface area contributed by atoms with Crippen LogP contribution in [0.4, 0.5) is 0 Å². The highest BCUT2D eigenvalue weighted by Crippen LogP contribution is 2.29. The minimum atomic E-state index is -1.34. The number of carbonyl (C=O) groups is 5. The minimum absolute atomic E-state index is 0.182. The van der Waals surface area contributed by atoms with E-state index in [1.165, 1.54) is 13.8 Å². The third-order valence-corrected chi connectivity index (χ3v) is 3.90. The van der Waals surface area contributed by atoms with Crippen molar-refractivity contribution in [2.75, 3.05) is 19.8 Å². The molecule has 0 spiro atoms. The molecule has 0 aromatic carbocycles. The molecule has 12 nitrogen and oxygen atoms in total. The van der Waals surface area contributed by atoms with E-state index < -0.39 is 60.6 Å². The van der Waals surface area contributed by atoms with Crippen molar-refractivity contribution in [3.05, 3.63) is 12.2 Å². The predicted octanol–water partition coefficient (Wildman–Crippen LogP) is 0.205. The third kappa shape index (κ3) is 9.02. The molecule has 1 saturated heterocycles. The Kier molecular flexibility index (Phi) is 10.8. The molecule has 1 fully saturated rings. The van der Waals surface area contributed by atoms with Crippen molar-refractivity contribution in [2.45, 2.75) is 65.3 Å². The Hall–Kier alpha value is -2.99. The van der Waals surface area contributed by atoms with Gasteiger partial charge in [-0.25, -0.2) is 4.79 Å². The number of esters is 5. The van der Waals surface area contributed by atoms with Crippen molar-refractivity contribution in [3.8, 4) is 0 Å². The van der Waals surface area contributed by atoms with Crippen LogP contribution < -0.4 is 0 Å². The molecule has 0 amide bonds. The van der Waals surface area contributed by atoms with Crippen LogP contribution in [0.15, 0.2) is 12.2 Å². The van der Waals surface area contributed by atoms with Gasteiger partial charge in [-0.1, -0.05) is 6.58 Å². The van der Waals surface area contributed by atoms with Crippen LogP contribution in [0.25, 0.3) is 0 Å². The maximum Gasteiger partial charge on any atom is 0.333 e. The van der Waals surface area contributed by atoms with E-state index in [4.69, 9.17) is 33.2 Å². The second-order valence-electron chi connectivity index (χ2n) is 6.85. The normalized spacial score (nSPS) is 24.6. The molecule has 0 aromatic rings. The quantitative estimate of drug-likeness (QED) is 0.190. The van der Waals surface area contributed by atoms with Gasteiger partial charge in [0.05, 0.1) is 6.61 Å². The molecule has 0 aliphatic carbocycles. The van der Waals surface area contributed by atoms with E-state index in [-0.39, 0.29) is 25.4 Å². The fourth-order valence-electron chi connectivity index (χ4n) is 2.74. The Morgan fingerprint density at radius 3 is 1.75 bits per heavy atom. The van der Waals surface area contributed by atoms with E-state index in [0.29, 0.717) is 0 Å². The first-order valence-electron chi connectivity index (χ1n) is 9.67. The fraction of sp³-hybridized carbons (Fsp3) is 0.650. The average Bonchev–Trinajstić information content (AvgIpc) is 2.66. The highest BCUT2D eigenvalue weighted by atomic mass is 16.7. The van der Waals surface area contributed by atoms with Crippen molar-refractivity contribution in [1.82, 2.24) is 0 Å². The molecule has 0 bridgehead atoms. The first-order chi connectivity index (χ1) is 14.9. The molecular weight excluding hydrogens is 432 g/mol. The lowest BCUT2D eigenvalue weighted by atomic mass is 9.98. The lowest BCUT2D eigenvalue weighted by molar-refractivity contribution is -0.309. The van der Waals surface area contributed by atoms with Gasteiger partial charge in [-0.05, 0) is 6.92 Å². The summed E-state index contributed by atoms with van der Waals surface area (Å²) in [7, 11) is 0. The highest BCUT2D eigenvalue weighted by Gasteiger charge is 2.52. The molecule has 1 rings (SSSR count). The number of hydrogen-bond donors (Lipinski definition) is 0. The Labute approximate surface area is 185 Å². The van der Waals surface area contributed by atoms with Crippen molar-refractivity contribution in [2.24, 2.45) is 0 Å². The van der Waals surface area contributed by atoms with E-state index in [9.17, 15) is 24.0 Å². The van der Waals surface area contributed by atoms with Gasteiger partial charge in [0, 0.05) is 33.3 Å². The highest BCUT2D eigenvalue weighted by molar-refractivity contribution is 5.86. The second-order valence-corrected chi connectivity index (χ2v) is 6.85. The van der Waals surface area contributed by atoms with Crippen molar-refractivity contribution < 1.29 is 57.1 Å². The van der Waals surface area contributed by atoms with Gasteiger partial charge in [-0.3, -0.25) is 19.2 Å². The number of rotatable bonds is 10. The molecule has 0 aromatic heterocycles. The summed E-state index contributed by atoms with van der Waals surface area (Å²) in [5, 5.41) is 0. The molecule has 0 unspecified atom stereocenters. The Morgan fingerprint density at radius 2 is 1.25 bits per heavy atom. The van der Waals surface area contributed by atoms with Gasteiger partial charge < -0.3 is 33.2 Å². The summed E-state index contributed by atoms with van der Waals surface area (Å²) >= 11 is 0. The smallest absolute Gasteiger partial charge is 0.333 e. The van der Waals surface area contributed by atoms with Gasteiger partial charge in [-0.2, -0.15) is 0 Å². The first kappa shape index (κ1) is 27.0. The van der Waals surface area contributed by atoms with Gasteiger partial charge in [-0.15, -0.1) is 0 Å². The molecule has 32 heavy (non-hydrogen) atoms. The van der Waals surface area contributed by atoms with Crippen LogP contribution in [0, 0.1) is 0 Å². The van der Waals surface area contributed by atoms with E-state index in [1.54, 1.807) is 0 Å². The SMILES string of the molecule is C=C(C)C(=O)OCCO[C@@H]1O[C@H](COC(C)=O)[C@@H](OC(C)=O)[C@H](OC(C)=O)[C@H]1OC(C)=O. The minimum Gasteiger partial charge on any atom is -0.463 e. The summed E-state index contributed by atoms with van der Waals surface area (Å²) in [6, 6.07) is 0. The van der Waals surface area contributed by atoms with Gasteiger partial charge in [0.2, 0.25) is 0 Å². The number of hydrogen-bond acceptors (Lipinski definition) is 12. The Morgan fingerprint density at radius 1 is 0.719 bits per heavy atom. The summed E-state index contributed by atoms with van der Waals surface area (Å²) in [6.07, 6.45) is -6.41. The predicted molar refractivity (Wildman–Crippen MR) is 104 cm³/mol. The van der Waals surface area contributed by atoms with Crippen LogP contribution >= 0.6 is 0 Å². The van der Waals surface area contributed by atoms with Crippen LogP contribution in [-0.4, -0.2) is 80.4 Å². The molecule has 0 saturated carbocycles. The number of ether oxygens (including phenoxy) is 7. The largest absolute Gasteiger partial charge is 0.463 e. The topological polar surface area (TPSA) is 150 Å². The van der Waals surface area contributed by atoms with E-state index in [0.717, 1.165) is 20.8 Å². The van der Waals surface area contributed by atoms with E-state index in [1.807, 2.05) is 0 Å². The van der Waals surface area contributed by atoms with Gasteiger partial charge >= 0.3 is 29.8 Å². The molecule has 1 aliphatic rings. The Balaban J connectivity index is 3.13. The molecule has 1 heterocycles. The zero-order chi connectivity index (χ0) is 24.4. The van der Waals surface area contributed by atoms with Crippen molar-refractivity contribution >= 4 is 29.8 Å². The lowest BCUT2D eigenvalue weighted by Gasteiger charge is -2.44. The van der Waals surface area contributed by atoms with Crippen molar-refractivity contribution in [1.29, 1.82) is 0 Å². The Bertz CT molecular complexity index is 730. The summed E-state index contributed by atoms with van der Waals surface area (Å²) in [4.78, 5) is 57.8. The molecule has 180 valence electrons. The van der Waals surface area contributed by atoms with Gasteiger partial charge in [0.1, 0.15) is 19.3 Å². The summed E-state index contributed by atoms with van der Waals surface area (Å²) in [5.74, 6) is -3.51. The van der Waals surface area contributed by atoms with E-state index >= 15 is 0 Å². The van der Waals surface area contributed by atoms with Crippen LogP contribution in [-0.2, 0) is 57.1 Å². The third-order valence-electron chi connectivity index (χ3n) is 3.90. The lowest BCUT2D eigenvalue weighted by Crippen LogP contribution is -2.63. The zero-order valence-electron chi connectivity index (χ0n) is 18.6. The van der Waals surface area contributed by atoms with Crippen LogP contribution in [0.5, 0.6) is 0 Å². The molecular formula is C20H28O12. The van der Waals surface area contributed by atoms with Crippen LogP contribution in [0.3, 0.4) is 0 Å². The standard InChI is InChI=1S/C20H28O12/c1-10(2)19(25)26-7-8-27-20-18(31-14(6)24)17(30-13(5)23)16(29-12(4)22)15(32-20)9-28-11(3)21/h15-18,20H,1,7-9H2,2-6H3/t15-,16-,17+,18-,20-/m1/s1.